The normalized spacial score (nSPS) is 11.5. The first-order chi connectivity index (χ1) is 15.2. The highest BCUT2D eigenvalue weighted by Crippen LogP contribution is 2.20. The van der Waals surface area contributed by atoms with Crippen molar-refractivity contribution < 1.29 is 18.3 Å². The number of aryl methyl sites for hydroxylation is 1. The van der Waals surface area contributed by atoms with E-state index in [1.165, 1.54) is 28.6 Å². The number of sulfonamides is 1. The molecular formula is C22H24N4O5S. The van der Waals surface area contributed by atoms with Gasteiger partial charge in [0, 0.05) is 24.8 Å². The van der Waals surface area contributed by atoms with E-state index in [1.807, 2.05) is 13.0 Å². The monoisotopic (exact) mass is 456 g/mol. The molecule has 0 unspecified atom stereocenters. The number of hydrogen-bond acceptors (Lipinski definition) is 6. The molecule has 1 aromatic heterocycles. The Morgan fingerprint density at radius 3 is 2.34 bits per heavy atom. The Labute approximate surface area is 186 Å². The Bertz CT molecular complexity index is 1300. The van der Waals surface area contributed by atoms with Gasteiger partial charge in [-0.3, -0.25) is 9.59 Å². The molecule has 10 heteroatoms. The molecule has 0 atom stereocenters. The summed E-state index contributed by atoms with van der Waals surface area (Å²) in [6.45, 7) is 6.06. The third-order valence-electron chi connectivity index (χ3n) is 4.83. The van der Waals surface area contributed by atoms with E-state index in [4.69, 9.17) is 0 Å². The van der Waals surface area contributed by atoms with E-state index in [2.05, 4.69) is 10.4 Å². The minimum absolute atomic E-state index is 0.105. The van der Waals surface area contributed by atoms with Crippen LogP contribution < -0.4 is 10.9 Å². The number of hydrogen-bond donors (Lipinski definition) is 2. The van der Waals surface area contributed by atoms with Crippen molar-refractivity contribution in [2.24, 2.45) is 0 Å². The highest BCUT2D eigenvalue weighted by Gasteiger charge is 2.22. The minimum atomic E-state index is -3.62. The first kappa shape index (κ1) is 23.2. The summed E-state index contributed by atoms with van der Waals surface area (Å²) in [7, 11) is -3.62. The van der Waals surface area contributed by atoms with Gasteiger partial charge in [-0.1, -0.05) is 26.0 Å². The summed E-state index contributed by atoms with van der Waals surface area (Å²) in [5, 5.41) is 16.7. The van der Waals surface area contributed by atoms with Gasteiger partial charge in [0.15, 0.2) is 11.4 Å². The molecule has 9 nitrogen and oxygen atoms in total. The van der Waals surface area contributed by atoms with Crippen LogP contribution in [-0.4, -0.2) is 46.6 Å². The number of nitrogens with zero attached hydrogens (tertiary/aromatic N) is 3. The van der Waals surface area contributed by atoms with Gasteiger partial charge < -0.3 is 10.4 Å². The van der Waals surface area contributed by atoms with Crippen LogP contribution in [0.3, 0.4) is 0 Å². The second-order valence-corrected chi connectivity index (χ2v) is 8.97. The minimum Gasteiger partial charge on any atom is -0.505 e. The van der Waals surface area contributed by atoms with Crippen LogP contribution in [0, 0.1) is 6.92 Å². The van der Waals surface area contributed by atoms with E-state index in [1.54, 1.807) is 32.0 Å². The van der Waals surface area contributed by atoms with Crippen molar-refractivity contribution in [2.45, 2.75) is 25.7 Å². The fourth-order valence-corrected chi connectivity index (χ4v) is 4.62. The topological polar surface area (TPSA) is 122 Å². The molecule has 0 saturated carbocycles. The zero-order valence-electron chi connectivity index (χ0n) is 17.9. The van der Waals surface area contributed by atoms with E-state index >= 15 is 0 Å². The molecule has 0 aliphatic rings. The molecule has 0 aliphatic heterocycles. The van der Waals surface area contributed by atoms with Crippen molar-refractivity contribution in [1.29, 1.82) is 0 Å². The summed E-state index contributed by atoms with van der Waals surface area (Å²) < 4.78 is 27.5. The molecule has 2 aromatic carbocycles. The Morgan fingerprint density at radius 2 is 1.75 bits per heavy atom. The number of carbonyl (C=O) groups is 1. The van der Waals surface area contributed by atoms with Crippen LogP contribution in [0.1, 0.15) is 29.9 Å². The van der Waals surface area contributed by atoms with Crippen LogP contribution in [0.25, 0.3) is 5.69 Å². The maximum atomic E-state index is 12.7. The molecule has 0 radical (unpaired) electrons. The molecule has 1 amide bonds. The van der Waals surface area contributed by atoms with Gasteiger partial charge >= 0.3 is 0 Å². The predicted molar refractivity (Wildman–Crippen MR) is 121 cm³/mol. The number of aromatic nitrogens is 2. The third kappa shape index (κ3) is 4.71. The summed E-state index contributed by atoms with van der Waals surface area (Å²) in [5.74, 6) is -1.31. The van der Waals surface area contributed by atoms with Crippen molar-refractivity contribution in [1.82, 2.24) is 14.1 Å². The van der Waals surface area contributed by atoms with E-state index < -0.39 is 27.2 Å². The number of anilines is 1. The highest BCUT2D eigenvalue weighted by molar-refractivity contribution is 7.89. The van der Waals surface area contributed by atoms with Crippen molar-refractivity contribution in [3.8, 4) is 11.4 Å². The van der Waals surface area contributed by atoms with Gasteiger partial charge in [-0.15, -0.1) is 0 Å². The van der Waals surface area contributed by atoms with Crippen molar-refractivity contribution in [2.75, 3.05) is 18.4 Å². The Morgan fingerprint density at radius 1 is 1.09 bits per heavy atom. The lowest BCUT2D eigenvalue weighted by molar-refractivity contribution is 0.101. The molecule has 0 aliphatic carbocycles. The number of carbonyl (C=O) groups excluding carboxylic acids is 1. The van der Waals surface area contributed by atoms with Crippen molar-refractivity contribution in [3.63, 3.8) is 0 Å². The molecule has 2 N–H and O–H groups in total. The Balaban J connectivity index is 1.88. The maximum Gasteiger partial charge on any atom is 0.279 e. The quantitative estimate of drug-likeness (QED) is 0.563. The number of amides is 1. The smallest absolute Gasteiger partial charge is 0.279 e. The molecule has 168 valence electrons. The van der Waals surface area contributed by atoms with Crippen LogP contribution in [0.4, 0.5) is 5.69 Å². The summed E-state index contributed by atoms with van der Waals surface area (Å²) in [4.78, 5) is 25.1. The number of nitrogens with one attached hydrogen (secondary N) is 1. The van der Waals surface area contributed by atoms with Crippen LogP contribution in [-0.2, 0) is 10.0 Å². The largest absolute Gasteiger partial charge is 0.505 e. The average Bonchev–Trinajstić information content (AvgIpc) is 2.74. The summed E-state index contributed by atoms with van der Waals surface area (Å²) >= 11 is 0. The molecule has 0 saturated heterocycles. The predicted octanol–water partition coefficient (Wildman–Crippen LogP) is 2.53. The average molecular weight is 457 g/mol. The fraction of sp³-hybridized carbons (Fsp3) is 0.227. The highest BCUT2D eigenvalue weighted by atomic mass is 32.2. The second kappa shape index (κ2) is 9.33. The summed E-state index contributed by atoms with van der Waals surface area (Å²) in [6.07, 6.45) is 0. The summed E-state index contributed by atoms with van der Waals surface area (Å²) in [6, 6.07) is 13.6. The molecular weight excluding hydrogens is 432 g/mol. The van der Waals surface area contributed by atoms with Crippen molar-refractivity contribution in [3.05, 3.63) is 76.2 Å². The third-order valence-corrected chi connectivity index (χ3v) is 6.89. The Kier molecular flexibility index (Phi) is 6.75. The molecule has 32 heavy (non-hydrogen) atoms. The van der Waals surface area contributed by atoms with E-state index in [0.29, 0.717) is 24.5 Å². The Hall–Kier alpha value is -3.50. The number of benzene rings is 2. The zero-order valence-corrected chi connectivity index (χ0v) is 18.8. The molecule has 3 aromatic rings. The lowest BCUT2D eigenvalue weighted by atomic mass is 10.2. The first-order valence-corrected chi connectivity index (χ1v) is 11.4. The number of rotatable bonds is 7. The second-order valence-electron chi connectivity index (χ2n) is 7.04. The van der Waals surface area contributed by atoms with Gasteiger partial charge in [-0.2, -0.15) is 14.1 Å². The molecule has 0 fully saturated rings. The molecule has 0 spiro atoms. The van der Waals surface area contributed by atoms with Crippen LogP contribution >= 0.6 is 0 Å². The van der Waals surface area contributed by atoms with Gasteiger partial charge in [-0.25, -0.2) is 8.42 Å². The van der Waals surface area contributed by atoms with Crippen LogP contribution in [0.15, 0.2) is 64.3 Å². The maximum absolute atomic E-state index is 12.7. The molecule has 1 heterocycles. The lowest BCUT2D eigenvalue weighted by Gasteiger charge is -2.18. The first-order valence-electron chi connectivity index (χ1n) is 9.99. The molecule has 0 bridgehead atoms. The number of aromatic hydroxyl groups is 1. The standard InChI is InChI=1S/C22H24N4O5S/c1-4-25(5-2)32(30,31)18-11-9-16(10-12-18)23-22(29)21-19(27)14-20(28)26(24-21)17-8-6-7-15(3)13-17/h6-14,27H,4-5H2,1-3H3,(H,23,29). The van der Waals surface area contributed by atoms with Gasteiger partial charge in [0.25, 0.3) is 11.5 Å². The fourth-order valence-electron chi connectivity index (χ4n) is 3.17. The van der Waals surface area contributed by atoms with Gasteiger partial charge in [0.05, 0.1) is 10.6 Å². The SMILES string of the molecule is CCN(CC)S(=O)(=O)c1ccc(NC(=O)c2nn(-c3cccc(C)c3)c(=O)cc2O)cc1. The molecule has 3 rings (SSSR count). The van der Waals surface area contributed by atoms with Gasteiger partial charge in [-0.05, 0) is 48.9 Å². The summed E-state index contributed by atoms with van der Waals surface area (Å²) in [5.41, 5.74) is 0.731. The van der Waals surface area contributed by atoms with E-state index in [9.17, 15) is 23.1 Å². The zero-order chi connectivity index (χ0) is 23.5. The van der Waals surface area contributed by atoms with Gasteiger partial charge in [0.2, 0.25) is 10.0 Å². The lowest BCUT2D eigenvalue weighted by Crippen LogP contribution is -2.30. The van der Waals surface area contributed by atoms with Crippen molar-refractivity contribution >= 4 is 21.6 Å². The van der Waals surface area contributed by atoms with Crippen LogP contribution in [0.2, 0.25) is 0 Å². The van der Waals surface area contributed by atoms with E-state index in [-0.39, 0.29) is 10.6 Å². The van der Waals surface area contributed by atoms with Crippen LogP contribution in [0.5, 0.6) is 5.75 Å². The van der Waals surface area contributed by atoms with Gasteiger partial charge in [0.1, 0.15) is 0 Å². The van der Waals surface area contributed by atoms with E-state index in [0.717, 1.165) is 16.3 Å².